The van der Waals surface area contributed by atoms with Crippen molar-refractivity contribution in [1.29, 1.82) is 0 Å². The van der Waals surface area contributed by atoms with E-state index in [4.69, 9.17) is 5.73 Å². The van der Waals surface area contributed by atoms with E-state index in [1.54, 1.807) is 0 Å². The van der Waals surface area contributed by atoms with Crippen LogP contribution in [0, 0.1) is 5.41 Å². The Bertz CT molecular complexity index is 183. The fourth-order valence-corrected chi connectivity index (χ4v) is 2.45. The molecule has 1 rings (SSSR count). The van der Waals surface area contributed by atoms with Crippen LogP contribution in [0.2, 0.25) is 0 Å². The fraction of sp³-hybridized carbons (Fsp3) is 1.00. The van der Waals surface area contributed by atoms with Gasteiger partial charge in [-0.15, -0.1) is 0 Å². The molecular formula is C14H30N2. The highest BCUT2D eigenvalue weighted by molar-refractivity contribution is 4.81. The van der Waals surface area contributed by atoms with Gasteiger partial charge in [-0.1, -0.05) is 27.2 Å². The number of hydrogen-bond donors (Lipinski definition) is 1. The zero-order valence-electron chi connectivity index (χ0n) is 11.5. The molecule has 2 heteroatoms. The highest BCUT2D eigenvalue weighted by Gasteiger charge is 2.27. The molecule has 0 aliphatic carbocycles. The third kappa shape index (κ3) is 4.42. The van der Waals surface area contributed by atoms with Crippen molar-refractivity contribution in [3.05, 3.63) is 0 Å². The Morgan fingerprint density at radius 2 is 1.88 bits per heavy atom. The van der Waals surface area contributed by atoms with E-state index in [1.165, 1.54) is 51.7 Å². The van der Waals surface area contributed by atoms with E-state index in [9.17, 15) is 0 Å². The monoisotopic (exact) mass is 226 g/mol. The van der Waals surface area contributed by atoms with Crippen molar-refractivity contribution in [3.63, 3.8) is 0 Å². The van der Waals surface area contributed by atoms with Crippen LogP contribution in [0.3, 0.4) is 0 Å². The largest absolute Gasteiger partial charge is 0.328 e. The summed E-state index contributed by atoms with van der Waals surface area (Å²) in [6.07, 6.45) is 7.68. The van der Waals surface area contributed by atoms with Crippen molar-refractivity contribution in [2.45, 2.75) is 65.3 Å². The fourth-order valence-electron chi connectivity index (χ4n) is 2.45. The van der Waals surface area contributed by atoms with Crippen molar-refractivity contribution in [2.24, 2.45) is 11.1 Å². The average molecular weight is 226 g/mol. The van der Waals surface area contributed by atoms with Gasteiger partial charge in [-0.25, -0.2) is 0 Å². The first-order valence-corrected chi connectivity index (χ1v) is 7.07. The first-order chi connectivity index (χ1) is 7.59. The molecule has 0 bridgehead atoms. The maximum Gasteiger partial charge on any atom is 0.00366 e. The second-order valence-corrected chi connectivity index (χ2v) is 5.82. The predicted molar refractivity (Wildman–Crippen MR) is 71.6 cm³/mol. The molecule has 96 valence electrons. The Hall–Kier alpha value is -0.0800. The highest BCUT2D eigenvalue weighted by atomic mass is 15.1. The molecule has 0 aromatic carbocycles. The smallest absolute Gasteiger partial charge is 0.00366 e. The van der Waals surface area contributed by atoms with Gasteiger partial charge in [-0.3, -0.25) is 0 Å². The lowest BCUT2D eigenvalue weighted by Crippen LogP contribution is -2.39. The van der Waals surface area contributed by atoms with Crippen LogP contribution in [0.1, 0.15) is 59.3 Å². The number of rotatable bonds is 6. The molecule has 1 fully saturated rings. The van der Waals surface area contributed by atoms with Gasteiger partial charge in [-0.05, 0) is 57.2 Å². The molecule has 1 heterocycles. The lowest BCUT2D eigenvalue weighted by atomic mass is 9.78. The molecule has 0 aromatic heterocycles. The summed E-state index contributed by atoms with van der Waals surface area (Å²) >= 11 is 0. The molecule has 0 saturated carbocycles. The molecule has 0 spiro atoms. The van der Waals surface area contributed by atoms with E-state index in [0.717, 1.165) is 6.42 Å². The van der Waals surface area contributed by atoms with Gasteiger partial charge >= 0.3 is 0 Å². The van der Waals surface area contributed by atoms with Gasteiger partial charge in [0, 0.05) is 6.04 Å². The highest BCUT2D eigenvalue weighted by Crippen LogP contribution is 2.33. The Labute approximate surface area is 102 Å². The first-order valence-electron chi connectivity index (χ1n) is 7.07. The minimum Gasteiger partial charge on any atom is -0.328 e. The van der Waals surface area contributed by atoms with E-state index in [0.29, 0.717) is 11.5 Å². The van der Waals surface area contributed by atoms with Crippen molar-refractivity contribution in [3.8, 4) is 0 Å². The molecule has 2 nitrogen and oxygen atoms in total. The Morgan fingerprint density at radius 1 is 1.25 bits per heavy atom. The molecule has 2 N–H and O–H groups in total. The summed E-state index contributed by atoms with van der Waals surface area (Å²) < 4.78 is 0. The van der Waals surface area contributed by atoms with Crippen LogP contribution in [-0.2, 0) is 0 Å². The van der Waals surface area contributed by atoms with Crippen LogP contribution in [0.5, 0.6) is 0 Å². The SMILES string of the molecule is CCC(N)CCCN1CCC(C)(CC)CC1. The summed E-state index contributed by atoms with van der Waals surface area (Å²) in [5, 5.41) is 0. The van der Waals surface area contributed by atoms with Crippen LogP contribution in [0.15, 0.2) is 0 Å². The second kappa shape index (κ2) is 6.61. The van der Waals surface area contributed by atoms with Crippen LogP contribution >= 0.6 is 0 Å². The van der Waals surface area contributed by atoms with Crippen molar-refractivity contribution < 1.29 is 0 Å². The second-order valence-electron chi connectivity index (χ2n) is 5.82. The molecule has 1 saturated heterocycles. The third-order valence-electron chi connectivity index (χ3n) is 4.49. The van der Waals surface area contributed by atoms with Gasteiger partial charge in [0.1, 0.15) is 0 Å². The van der Waals surface area contributed by atoms with Crippen LogP contribution < -0.4 is 5.73 Å². The molecule has 1 aliphatic heterocycles. The van der Waals surface area contributed by atoms with E-state index in [1.807, 2.05) is 0 Å². The number of hydrogen-bond acceptors (Lipinski definition) is 2. The average Bonchev–Trinajstić information content (AvgIpc) is 2.31. The normalized spacial score (nSPS) is 23.2. The number of nitrogens with zero attached hydrogens (tertiary/aromatic N) is 1. The summed E-state index contributed by atoms with van der Waals surface area (Å²) in [7, 11) is 0. The summed E-state index contributed by atoms with van der Waals surface area (Å²) in [6, 6.07) is 0.422. The Balaban J connectivity index is 2.13. The summed E-state index contributed by atoms with van der Waals surface area (Å²) in [6.45, 7) is 10.8. The predicted octanol–water partition coefficient (Wildman–Crippen LogP) is 3.02. The first kappa shape index (κ1) is 14.0. The van der Waals surface area contributed by atoms with E-state index in [2.05, 4.69) is 25.7 Å². The Kier molecular flexibility index (Phi) is 5.77. The van der Waals surface area contributed by atoms with Crippen molar-refractivity contribution in [1.82, 2.24) is 4.90 Å². The standard InChI is InChI=1S/C14H30N2/c1-4-13(15)7-6-10-16-11-8-14(3,5-2)9-12-16/h13H,4-12,15H2,1-3H3. The minimum absolute atomic E-state index is 0.422. The molecule has 0 amide bonds. The maximum atomic E-state index is 5.93. The molecule has 0 aromatic rings. The maximum absolute atomic E-state index is 5.93. The van der Waals surface area contributed by atoms with Crippen LogP contribution in [-0.4, -0.2) is 30.6 Å². The quantitative estimate of drug-likeness (QED) is 0.754. The topological polar surface area (TPSA) is 29.3 Å². The molecule has 1 atom stereocenters. The van der Waals surface area contributed by atoms with Gasteiger partial charge < -0.3 is 10.6 Å². The molecule has 1 aliphatic rings. The van der Waals surface area contributed by atoms with E-state index >= 15 is 0 Å². The lowest BCUT2D eigenvalue weighted by molar-refractivity contribution is 0.113. The summed E-state index contributed by atoms with van der Waals surface area (Å²) in [5.74, 6) is 0. The summed E-state index contributed by atoms with van der Waals surface area (Å²) in [4.78, 5) is 2.62. The number of likely N-dealkylation sites (tertiary alicyclic amines) is 1. The zero-order valence-corrected chi connectivity index (χ0v) is 11.5. The van der Waals surface area contributed by atoms with Gasteiger partial charge in [0.05, 0.1) is 0 Å². The van der Waals surface area contributed by atoms with E-state index in [-0.39, 0.29) is 0 Å². The van der Waals surface area contributed by atoms with E-state index < -0.39 is 0 Å². The Morgan fingerprint density at radius 3 is 2.38 bits per heavy atom. The van der Waals surface area contributed by atoms with Crippen molar-refractivity contribution >= 4 is 0 Å². The van der Waals surface area contributed by atoms with Crippen LogP contribution in [0.4, 0.5) is 0 Å². The number of nitrogens with two attached hydrogens (primary N) is 1. The minimum atomic E-state index is 0.422. The lowest BCUT2D eigenvalue weighted by Gasteiger charge is -2.39. The number of piperidine rings is 1. The van der Waals surface area contributed by atoms with Gasteiger partial charge in [0.25, 0.3) is 0 Å². The van der Waals surface area contributed by atoms with Crippen LogP contribution in [0.25, 0.3) is 0 Å². The third-order valence-corrected chi connectivity index (χ3v) is 4.49. The molecule has 1 unspecified atom stereocenters. The zero-order chi connectivity index (χ0) is 12.0. The molecular weight excluding hydrogens is 196 g/mol. The summed E-state index contributed by atoms with van der Waals surface area (Å²) in [5.41, 5.74) is 6.56. The van der Waals surface area contributed by atoms with Gasteiger partial charge in [0.2, 0.25) is 0 Å². The van der Waals surface area contributed by atoms with Crippen molar-refractivity contribution in [2.75, 3.05) is 19.6 Å². The molecule has 0 radical (unpaired) electrons. The molecule has 16 heavy (non-hydrogen) atoms. The van der Waals surface area contributed by atoms with Gasteiger partial charge in [-0.2, -0.15) is 0 Å². The van der Waals surface area contributed by atoms with Gasteiger partial charge in [0.15, 0.2) is 0 Å².